The largest absolute Gasteiger partial charge is 0.399 e. The molecule has 0 aromatic heterocycles. The Labute approximate surface area is 116 Å². The number of nitrogens with one attached hydrogen (secondary N) is 1. The zero-order valence-electron chi connectivity index (χ0n) is 10.9. The first kappa shape index (κ1) is 15.1. The van der Waals surface area contributed by atoms with Gasteiger partial charge in [0.1, 0.15) is 4.90 Å². The molecule has 2 rings (SSSR count). The average Bonchev–Trinajstić information content (AvgIpc) is 2.32. The second-order valence-corrected chi connectivity index (χ2v) is 6.62. The number of nitrogen functional groups attached to an aromatic ring is 1. The lowest BCUT2D eigenvalue weighted by atomic mass is 9.80. The standard InChI is InChI=1S/C12H16F2N2O3S/c1-19-12(3-2-4-12)7-16-20(17,18)10-6-8(15)5-9(13)11(10)14/h5-6,16H,2-4,7,15H2,1H3. The summed E-state index contributed by atoms with van der Waals surface area (Å²) < 4.78 is 58.4. The van der Waals surface area contributed by atoms with Crippen molar-refractivity contribution in [3.05, 3.63) is 23.8 Å². The number of hydrogen-bond donors (Lipinski definition) is 2. The molecule has 1 aliphatic rings. The molecule has 0 spiro atoms. The third-order valence-corrected chi connectivity index (χ3v) is 4.99. The molecule has 8 heteroatoms. The molecule has 0 heterocycles. The van der Waals surface area contributed by atoms with Crippen LogP contribution in [0.25, 0.3) is 0 Å². The lowest BCUT2D eigenvalue weighted by Gasteiger charge is -2.40. The summed E-state index contributed by atoms with van der Waals surface area (Å²) in [6, 6.07) is 1.62. The number of sulfonamides is 1. The normalized spacial score (nSPS) is 17.8. The molecule has 0 saturated heterocycles. The quantitative estimate of drug-likeness (QED) is 0.806. The van der Waals surface area contributed by atoms with Gasteiger partial charge in [0.15, 0.2) is 11.6 Å². The summed E-state index contributed by atoms with van der Waals surface area (Å²) in [5.74, 6) is -2.73. The fourth-order valence-electron chi connectivity index (χ4n) is 2.11. The molecule has 1 saturated carbocycles. The van der Waals surface area contributed by atoms with Gasteiger partial charge in [0.2, 0.25) is 10.0 Å². The van der Waals surface area contributed by atoms with E-state index in [0.29, 0.717) is 0 Å². The van der Waals surface area contributed by atoms with Crippen LogP contribution in [0.4, 0.5) is 14.5 Å². The lowest BCUT2D eigenvalue weighted by Crippen LogP contribution is -2.49. The summed E-state index contributed by atoms with van der Waals surface area (Å²) in [4.78, 5) is -0.791. The van der Waals surface area contributed by atoms with E-state index in [1.165, 1.54) is 7.11 Å². The number of methoxy groups -OCH3 is 1. The molecule has 0 bridgehead atoms. The molecular formula is C12H16F2N2O3S. The van der Waals surface area contributed by atoms with Crippen molar-refractivity contribution in [2.24, 2.45) is 0 Å². The first-order chi connectivity index (χ1) is 9.30. The van der Waals surface area contributed by atoms with Gasteiger partial charge in [-0.1, -0.05) is 0 Å². The Bertz CT molecular complexity index is 610. The van der Waals surface area contributed by atoms with Crippen LogP contribution in [0.1, 0.15) is 19.3 Å². The minimum Gasteiger partial charge on any atom is -0.399 e. The van der Waals surface area contributed by atoms with E-state index in [2.05, 4.69) is 4.72 Å². The van der Waals surface area contributed by atoms with Crippen molar-refractivity contribution in [3.63, 3.8) is 0 Å². The first-order valence-corrected chi connectivity index (χ1v) is 7.57. The molecule has 20 heavy (non-hydrogen) atoms. The molecule has 1 fully saturated rings. The third-order valence-electron chi connectivity index (χ3n) is 3.59. The van der Waals surface area contributed by atoms with Gasteiger partial charge in [-0.15, -0.1) is 0 Å². The summed E-state index contributed by atoms with van der Waals surface area (Å²) in [7, 11) is -2.69. The second kappa shape index (κ2) is 5.27. The Hall–Kier alpha value is -1.25. The molecule has 3 N–H and O–H groups in total. The van der Waals surface area contributed by atoms with Crippen molar-refractivity contribution in [1.82, 2.24) is 4.72 Å². The predicted molar refractivity (Wildman–Crippen MR) is 69.5 cm³/mol. The summed E-state index contributed by atoms with van der Waals surface area (Å²) in [5, 5.41) is 0. The van der Waals surface area contributed by atoms with Crippen LogP contribution in [-0.4, -0.2) is 27.7 Å². The van der Waals surface area contributed by atoms with E-state index in [1.807, 2.05) is 0 Å². The third kappa shape index (κ3) is 2.77. The summed E-state index contributed by atoms with van der Waals surface area (Å²) in [6.45, 7) is 0.0156. The molecule has 1 aromatic carbocycles. The van der Waals surface area contributed by atoms with Gasteiger partial charge in [0.05, 0.1) is 5.60 Å². The first-order valence-electron chi connectivity index (χ1n) is 6.09. The van der Waals surface area contributed by atoms with E-state index in [0.717, 1.165) is 31.4 Å². The molecule has 5 nitrogen and oxygen atoms in total. The minimum absolute atomic E-state index is 0.0156. The van der Waals surface area contributed by atoms with Crippen LogP contribution in [0.3, 0.4) is 0 Å². The molecule has 0 unspecified atom stereocenters. The van der Waals surface area contributed by atoms with Crippen LogP contribution < -0.4 is 10.5 Å². The summed E-state index contributed by atoms with van der Waals surface area (Å²) in [5.41, 5.74) is 4.64. The number of ether oxygens (including phenoxy) is 1. The highest BCUT2D eigenvalue weighted by atomic mass is 32.2. The maximum Gasteiger partial charge on any atom is 0.243 e. The van der Waals surface area contributed by atoms with Gasteiger partial charge >= 0.3 is 0 Å². The highest BCUT2D eigenvalue weighted by Crippen LogP contribution is 2.34. The molecule has 0 radical (unpaired) electrons. The molecule has 0 amide bonds. The molecular weight excluding hydrogens is 290 g/mol. The van der Waals surface area contributed by atoms with Crippen molar-refractivity contribution in [1.29, 1.82) is 0 Å². The highest BCUT2D eigenvalue weighted by Gasteiger charge is 2.38. The molecule has 1 aliphatic carbocycles. The maximum atomic E-state index is 13.6. The number of halogens is 2. The Morgan fingerprint density at radius 1 is 1.40 bits per heavy atom. The molecule has 112 valence electrons. The summed E-state index contributed by atoms with van der Waals surface area (Å²) >= 11 is 0. The Kier molecular flexibility index (Phi) is 3.99. The number of anilines is 1. The zero-order chi connectivity index (χ0) is 15.0. The van der Waals surface area contributed by atoms with Crippen molar-refractivity contribution >= 4 is 15.7 Å². The minimum atomic E-state index is -4.18. The number of hydrogen-bond acceptors (Lipinski definition) is 4. The van der Waals surface area contributed by atoms with E-state index in [-0.39, 0.29) is 12.2 Å². The monoisotopic (exact) mass is 306 g/mol. The second-order valence-electron chi connectivity index (χ2n) is 4.88. The van der Waals surface area contributed by atoms with Gasteiger partial charge in [0, 0.05) is 19.3 Å². The zero-order valence-corrected chi connectivity index (χ0v) is 11.8. The Morgan fingerprint density at radius 3 is 2.55 bits per heavy atom. The average molecular weight is 306 g/mol. The Balaban J connectivity index is 2.23. The van der Waals surface area contributed by atoms with Gasteiger partial charge < -0.3 is 10.5 Å². The van der Waals surface area contributed by atoms with Gasteiger partial charge in [0.25, 0.3) is 0 Å². The molecule has 0 atom stereocenters. The van der Waals surface area contributed by atoms with Crippen LogP contribution in [-0.2, 0) is 14.8 Å². The van der Waals surface area contributed by atoms with Crippen molar-refractivity contribution < 1.29 is 21.9 Å². The van der Waals surface area contributed by atoms with Crippen LogP contribution in [0, 0.1) is 11.6 Å². The van der Waals surface area contributed by atoms with Crippen molar-refractivity contribution in [2.75, 3.05) is 19.4 Å². The molecule has 0 aliphatic heterocycles. The Morgan fingerprint density at radius 2 is 2.05 bits per heavy atom. The van der Waals surface area contributed by atoms with Gasteiger partial charge in [-0.25, -0.2) is 21.9 Å². The van der Waals surface area contributed by atoms with Gasteiger partial charge in [-0.2, -0.15) is 0 Å². The highest BCUT2D eigenvalue weighted by molar-refractivity contribution is 7.89. The van der Waals surface area contributed by atoms with E-state index < -0.39 is 32.2 Å². The fraction of sp³-hybridized carbons (Fsp3) is 0.500. The van der Waals surface area contributed by atoms with Crippen LogP contribution >= 0.6 is 0 Å². The summed E-state index contributed by atoms with van der Waals surface area (Å²) in [6.07, 6.45) is 2.39. The smallest absolute Gasteiger partial charge is 0.243 e. The SMILES string of the molecule is COC1(CNS(=O)(=O)c2cc(N)cc(F)c2F)CCC1. The van der Waals surface area contributed by atoms with E-state index >= 15 is 0 Å². The number of nitrogens with two attached hydrogens (primary N) is 1. The number of benzene rings is 1. The van der Waals surface area contributed by atoms with Gasteiger partial charge in [-0.05, 0) is 31.4 Å². The lowest BCUT2D eigenvalue weighted by molar-refractivity contribution is -0.0659. The van der Waals surface area contributed by atoms with E-state index in [9.17, 15) is 17.2 Å². The van der Waals surface area contributed by atoms with Gasteiger partial charge in [-0.3, -0.25) is 0 Å². The number of rotatable bonds is 5. The topological polar surface area (TPSA) is 81.4 Å². The fourth-order valence-corrected chi connectivity index (χ4v) is 3.34. The van der Waals surface area contributed by atoms with Crippen LogP contribution in [0.5, 0.6) is 0 Å². The van der Waals surface area contributed by atoms with Crippen LogP contribution in [0.15, 0.2) is 17.0 Å². The van der Waals surface area contributed by atoms with Crippen molar-refractivity contribution in [3.8, 4) is 0 Å². The predicted octanol–water partition coefficient (Wildman–Crippen LogP) is 1.39. The van der Waals surface area contributed by atoms with E-state index in [4.69, 9.17) is 10.5 Å². The molecule has 1 aromatic rings. The van der Waals surface area contributed by atoms with Crippen LogP contribution in [0.2, 0.25) is 0 Å². The van der Waals surface area contributed by atoms with Crippen molar-refractivity contribution in [2.45, 2.75) is 29.8 Å². The van der Waals surface area contributed by atoms with E-state index in [1.54, 1.807) is 0 Å². The maximum absolute atomic E-state index is 13.6.